The van der Waals surface area contributed by atoms with Crippen molar-refractivity contribution in [3.05, 3.63) is 17.5 Å². The molecule has 1 aromatic heterocycles. The molecule has 17 heavy (non-hydrogen) atoms. The first kappa shape index (κ1) is 13.4. The van der Waals surface area contributed by atoms with Gasteiger partial charge in [0.05, 0.1) is 12.7 Å². The van der Waals surface area contributed by atoms with Crippen molar-refractivity contribution in [1.29, 1.82) is 5.26 Å². The fourth-order valence-electron chi connectivity index (χ4n) is 1.33. The lowest BCUT2D eigenvalue weighted by Crippen LogP contribution is -2.19. The fraction of sp³-hybridized carbons (Fsp3) is 0.545. The number of aliphatic hydroxyl groups excluding tert-OH is 1. The van der Waals surface area contributed by atoms with Crippen molar-refractivity contribution in [3.63, 3.8) is 0 Å². The summed E-state index contributed by atoms with van der Waals surface area (Å²) in [6, 6.07) is 3.58. The van der Waals surface area contributed by atoms with Gasteiger partial charge in [0.25, 0.3) is 0 Å². The molecule has 6 nitrogen and oxygen atoms in total. The average Bonchev–Trinajstić information content (AvgIpc) is 2.28. The minimum absolute atomic E-state index is 0.305. The molecular formula is C11H16N4O2. The topological polar surface area (TPSA) is 91.1 Å². The number of rotatable bonds is 6. The molecule has 0 saturated heterocycles. The molecule has 1 atom stereocenters. The quantitative estimate of drug-likeness (QED) is 0.746. The van der Waals surface area contributed by atoms with E-state index < -0.39 is 6.10 Å². The van der Waals surface area contributed by atoms with Crippen LogP contribution in [0.25, 0.3) is 0 Å². The summed E-state index contributed by atoms with van der Waals surface area (Å²) in [6.07, 6.45) is 0.0280. The van der Waals surface area contributed by atoms with E-state index in [1.807, 2.05) is 6.07 Å². The molecule has 0 amide bonds. The van der Waals surface area contributed by atoms with Gasteiger partial charge in [0, 0.05) is 19.3 Å². The van der Waals surface area contributed by atoms with Gasteiger partial charge >= 0.3 is 0 Å². The number of aliphatic hydroxyl groups is 1. The third-order valence-electron chi connectivity index (χ3n) is 2.09. The molecule has 1 aromatic rings. The van der Waals surface area contributed by atoms with Crippen LogP contribution in [0, 0.1) is 18.3 Å². The van der Waals surface area contributed by atoms with E-state index in [9.17, 15) is 5.11 Å². The molecule has 0 aliphatic rings. The molecule has 2 N–H and O–H groups in total. The highest BCUT2D eigenvalue weighted by Crippen LogP contribution is 2.04. The Labute approximate surface area is 100 Å². The number of hydrogen-bond donors (Lipinski definition) is 2. The van der Waals surface area contributed by atoms with E-state index in [0.29, 0.717) is 31.2 Å². The highest BCUT2D eigenvalue weighted by Gasteiger charge is 2.04. The SMILES string of the molecule is COCC(O)CCNc1nc(C)cc(C#N)n1. The lowest BCUT2D eigenvalue weighted by atomic mass is 10.3. The third kappa shape index (κ3) is 4.76. The van der Waals surface area contributed by atoms with Crippen molar-refractivity contribution in [2.75, 3.05) is 25.6 Å². The Morgan fingerprint density at radius 3 is 3.00 bits per heavy atom. The molecule has 1 unspecified atom stereocenters. The second-order valence-electron chi connectivity index (χ2n) is 3.65. The summed E-state index contributed by atoms with van der Waals surface area (Å²) in [6.45, 7) is 2.63. The molecule has 0 fully saturated rings. The summed E-state index contributed by atoms with van der Waals surface area (Å²) in [7, 11) is 1.54. The van der Waals surface area contributed by atoms with Crippen molar-refractivity contribution in [3.8, 4) is 6.07 Å². The van der Waals surface area contributed by atoms with Crippen LogP contribution < -0.4 is 5.32 Å². The summed E-state index contributed by atoms with van der Waals surface area (Å²) in [5, 5.41) is 21.1. The second-order valence-corrected chi connectivity index (χ2v) is 3.65. The Kier molecular flexibility index (Phi) is 5.33. The van der Waals surface area contributed by atoms with E-state index in [2.05, 4.69) is 15.3 Å². The van der Waals surface area contributed by atoms with Crippen LogP contribution in [0.2, 0.25) is 0 Å². The van der Waals surface area contributed by atoms with Gasteiger partial charge in [-0.15, -0.1) is 0 Å². The van der Waals surface area contributed by atoms with Crippen molar-refractivity contribution in [2.24, 2.45) is 0 Å². The number of methoxy groups -OCH3 is 1. The van der Waals surface area contributed by atoms with Crippen LogP contribution in [0.1, 0.15) is 17.8 Å². The van der Waals surface area contributed by atoms with Crippen molar-refractivity contribution < 1.29 is 9.84 Å². The number of ether oxygens (including phenoxy) is 1. The maximum absolute atomic E-state index is 9.42. The van der Waals surface area contributed by atoms with Gasteiger partial charge < -0.3 is 15.2 Å². The first-order valence-electron chi connectivity index (χ1n) is 5.32. The molecule has 0 radical (unpaired) electrons. The van der Waals surface area contributed by atoms with E-state index in [4.69, 9.17) is 10.00 Å². The first-order valence-corrected chi connectivity index (χ1v) is 5.32. The lowest BCUT2D eigenvalue weighted by Gasteiger charge is -2.10. The zero-order valence-electron chi connectivity index (χ0n) is 9.97. The molecule has 1 rings (SSSR count). The molecule has 92 valence electrons. The van der Waals surface area contributed by atoms with Crippen molar-refractivity contribution in [2.45, 2.75) is 19.4 Å². The number of nitrogens with one attached hydrogen (secondary N) is 1. The standard InChI is InChI=1S/C11H16N4O2/c1-8-5-9(6-12)15-11(14-8)13-4-3-10(16)7-17-2/h5,10,16H,3-4,7H2,1-2H3,(H,13,14,15). The molecule has 0 aliphatic carbocycles. The number of anilines is 1. The number of aromatic nitrogens is 2. The summed E-state index contributed by atoms with van der Waals surface area (Å²) >= 11 is 0. The molecule has 1 heterocycles. The molecule has 6 heteroatoms. The zero-order valence-corrected chi connectivity index (χ0v) is 9.97. The van der Waals surface area contributed by atoms with E-state index >= 15 is 0 Å². The van der Waals surface area contributed by atoms with Crippen LogP contribution in [0.5, 0.6) is 0 Å². The fourth-order valence-corrected chi connectivity index (χ4v) is 1.33. The minimum Gasteiger partial charge on any atom is -0.391 e. The summed E-state index contributed by atoms with van der Waals surface area (Å²) in [5.41, 5.74) is 1.06. The maximum Gasteiger partial charge on any atom is 0.224 e. The maximum atomic E-state index is 9.42. The van der Waals surface area contributed by atoms with Crippen LogP contribution >= 0.6 is 0 Å². The third-order valence-corrected chi connectivity index (χ3v) is 2.09. The largest absolute Gasteiger partial charge is 0.391 e. The smallest absolute Gasteiger partial charge is 0.224 e. The first-order chi connectivity index (χ1) is 8.15. The summed E-state index contributed by atoms with van der Waals surface area (Å²) in [5.74, 6) is 0.408. The average molecular weight is 236 g/mol. The van der Waals surface area contributed by atoms with Crippen LogP contribution in [-0.4, -0.2) is 41.4 Å². The lowest BCUT2D eigenvalue weighted by molar-refractivity contribution is 0.0615. The summed E-state index contributed by atoms with van der Waals surface area (Å²) in [4.78, 5) is 8.14. The highest BCUT2D eigenvalue weighted by molar-refractivity contribution is 5.32. The predicted molar refractivity (Wildman–Crippen MR) is 62.5 cm³/mol. The normalized spacial score (nSPS) is 11.9. The van der Waals surface area contributed by atoms with Crippen LogP contribution in [0.3, 0.4) is 0 Å². The summed E-state index contributed by atoms with van der Waals surface area (Å²) < 4.78 is 4.81. The van der Waals surface area contributed by atoms with Gasteiger partial charge in [-0.05, 0) is 19.4 Å². The van der Waals surface area contributed by atoms with Gasteiger partial charge in [0.2, 0.25) is 5.95 Å². The Morgan fingerprint density at radius 2 is 2.35 bits per heavy atom. The van der Waals surface area contributed by atoms with Gasteiger partial charge in [-0.1, -0.05) is 0 Å². The monoisotopic (exact) mass is 236 g/mol. The molecule has 0 saturated carbocycles. The van der Waals surface area contributed by atoms with Gasteiger partial charge in [0.1, 0.15) is 11.8 Å². The Bertz CT molecular complexity index is 403. The van der Waals surface area contributed by atoms with Gasteiger partial charge in [0.15, 0.2) is 0 Å². The highest BCUT2D eigenvalue weighted by atomic mass is 16.5. The van der Waals surface area contributed by atoms with Gasteiger partial charge in [-0.2, -0.15) is 5.26 Å². The number of nitriles is 1. The van der Waals surface area contributed by atoms with Crippen LogP contribution in [-0.2, 0) is 4.74 Å². The predicted octanol–water partition coefficient (Wildman–Crippen LogP) is 0.466. The molecule has 0 bridgehead atoms. The van der Waals surface area contributed by atoms with Crippen molar-refractivity contribution >= 4 is 5.95 Å². The van der Waals surface area contributed by atoms with Crippen LogP contribution in [0.15, 0.2) is 6.07 Å². The van der Waals surface area contributed by atoms with Crippen LogP contribution in [0.4, 0.5) is 5.95 Å². The number of aryl methyl sites for hydroxylation is 1. The van der Waals surface area contributed by atoms with E-state index in [1.165, 1.54) is 0 Å². The Balaban J connectivity index is 2.47. The van der Waals surface area contributed by atoms with Gasteiger partial charge in [-0.25, -0.2) is 9.97 Å². The Hall–Kier alpha value is -1.71. The number of hydrogen-bond acceptors (Lipinski definition) is 6. The molecular weight excluding hydrogens is 220 g/mol. The van der Waals surface area contributed by atoms with Gasteiger partial charge in [-0.3, -0.25) is 0 Å². The molecule has 0 spiro atoms. The zero-order chi connectivity index (χ0) is 12.7. The van der Waals surface area contributed by atoms with E-state index in [1.54, 1.807) is 20.1 Å². The number of nitrogens with zero attached hydrogens (tertiary/aromatic N) is 3. The second kappa shape index (κ2) is 6.78. The molecule has 0 aliphatic heterocycles. The van der Waals surface area contributed by atoms with E-state index in [-0.39, 0.29) is 0 Å². The Morgan fingerprint density at radius 1 is 1.59 bits per heavy atom. The molecule has 0 aromatic carbocycles. The van der Waals surface area contributed by atoms with Crippen molar-refractivity contribution in [1.82, 2.24) is 9.97 Å². The van der Waals surface area contributed by atoms with E-state index in [0.717, 1.165) is 5.69 Å². The minimum atomic E-state index is -0.507.